The predicted molar refractivity (Wildman–Crippen MR) is 84.5 cm³/mol. The number of benzene rings is 2. The van der Waals surface area contributed by atoms with Crippen LogP contribution in [0.25, 0.3) is 0 Å². The summed E-state index contributed by atoms with van der Waals surface area (Å²) in [5.41, 5.74) is 1.74. The lowest BCUT2D eigenvalue weighted by molar-refractivity contribution is -0.140. The Morgan fingerprint density at radius 3 is 1.91 bits per heavy atom. The molecular formula is C18H18O4. The Morgan fingerprint density at radius 1 is 1.00 bits per heavy atom. The maximum atomic E-state index is 11.0. The Morgan fingerprint density at radius 2 is 1.50 bits per heavy atom. The molecule has 2 rings (SSSR count). The summed E-state index contributed by atoms with van der Waals surface area (Å²) >= 11 is 0. The predicted octanol–water partition coefficient (Wildman–Crippen LogP) is 3.69. The van der Waals surface area contributed by atoms with Crippen LogP contribution >= 0.6 is 0 Å². The Labute approximate surface area is 129 Å². The molecule has 0 spiro atoms. The first-order chi connectivity index (χ1) is 10.5. The molecule has 0 aliphatic rings. The molecule has 0 radical (unpaired) electrons. The van der Waals surface area contributed by atoms with Gasteiger partial charge in [0, 0.05) is 5.57 Å². The molecule has 1 N–H and O–H groups in total. The van der Waals surface area contributed by atoms with Gasteiger partial charge in [-0.25, -0.2) is 9.59 Å². The second-order valence-electron chi connectivity index (χ2n) is 4.51. The molecule has 0 saturated heterocycles. The van der Waals surface area contributed by atoms with Gasteiger partial charge in [0.15, 0.2) is 0 Å². The van der Waals surface area contributed by atoms with Crippen molar-refractivity contribution in [1.29, 1.82) is 0 Å². The lowest BCUT2D eigenvalue weighted by atomic mass is 10.2. The van der Waals surface area contributed by atoms with Gasteiger partial charge >= 0.3 is 11.9 Å². The number of aromatic carboxylic acids is 1. The summed E-state index contributed by atoms with van der Waals surface area (Å²) in [5, 5.41) is 8.38. The summed E-state index contributed by atoms with van der Waals surface area (Å²) in [4.78, 5) is 21.2. The third-order valence-corrected chi connectivity index (χ3v) is 2.58. The zero-order valence-electron chi connectivity index (χ0n) is 12.4. The third-order valence-electron chi connectivity index (χ3n) is 2.58. The summed E-state index contributed by atoms with van der Waals surface area (Å²) in [7, 11) is 0. The summed E-state index contributed by atoms with van der Waals surface area (Å²) in [6.45, 7) is 5.44. The minimum absolute atomic E-state index is 0.312. The summed E-state index contributed by atoms with van der Waals surface area (Å²) in [5.74, 6) is -1.22. The fourth-order valence-electron chi connectivity index (χ4n) is 1.43. The number of carbonyl (C=O) groups excluding carboxylic acids is 1. The van der Waals surface area contributed by atoms with E-state index in [2.05, 4.69) is 6.58 Å². The lowest BCUT2D eigenvalue weighted by Gasteiger charge is -2.03. The molecule has 0 aromatic heterocycles. The monoisotopic (exact) mass is 298 g/mol. The zero-order valence-corrected chi connectivity index (χ0v) is 12.4. The van der Waals surface area contributed by atoms with Gasteiger partial charge < -0.3 is 9.84 Å². The van der Waals surface area contributed by atoms with Crippen LogP contribution in [-0.2, 0) is 16.1 Å². The molecule has 0 amide bonds. The summed E-state index contributed by atoms with van der Waals surface area (Å²) < 4.78 is 4.95. The average Bonchev–Trinajstić information content (AvgIpc) is 2.55. The van der Waals surface area contributed by atoms with E-state index in [9.17, 15) is 9.59 Å². The number of ether oxygens (including phenoxy) is 1. The van der Waals surface area contributed by atoms with Crippen molar-refractivity contribution in [1.82, 2.24) is 0 Å². The van der Waals surface area contributed by atoms with Gasteiger partial charge in [-0.15, -0.1) is 0 Å². The second-order valence-corrected chi connectivity index (χ2v) is 4.51. The van der Waals surface area contributed by atoms with E-state index >= 15 is 0 Å². The molecule has 2 aromatic rings. The average molecular weight is 298 g/mol. The van der Waals surface area contributed by atoms with Crippen LogP contribution in [0.3, 0.4) is 0 Å². The summed E-state index contributed by atoms with van der Waals surface area (Å²) in [6, 6.07) is 17.8. The molecule has 22 heavy (non-hydrogen) atoms. The van der Waals surface area contributed by atoms with Crippen LogP contribution in [0.2, 0.25) is 0 Å². The van der Waals surface area contributed by atoms with Crippen LogP contribution in [-0.4, -0.2) is 17.0 Å². The van der Waals surface area contributed by atoms with Gasteiger partial charge in [0.2, 0.25) is 0 Å². The molecule has 2 aromatic carbocycles. The van der Waals surface area contributed by atoms with E-state index in [1.165, 1.54) is 0 Å². The molecule has 0 bridgehead atoms. The topological polar surface area (TPSA) is 63.6 Å². The molecule has 4 nitrogen and oxygen atoms in total. The van der Waals surface area contributed by atoms with E-state index in [0.29, 0.717) is 17.7 Å². The standard InChI is InChI=1S/C11H12O2.C7H6O2/c1-9(2)11(12)13-8-10-6-4-3-5-7-10;8-7(9)6-4-2-1-3-5-6/h3-7H,1,8H2,2H3;1-5H,(H,8,9). The minimum Gasteiger partial charge on any atom is -0.478 e. The van der Waals surface area contributed by atoms with Gasteiger partial charge in [-0.3, -0.25) is 0 Å². The summed E-state index contributed by atoms with van der Waals surface area (Å²) in [6.07, 6.45) is 0. The highest BCUT2D eigenvalue weighted by atomic mass is 16.5. The molecular weight excluding hydrogens is 280 g/mol. The first-order valence-electron chi connectivity index (χ1n) is 6.65. The molecule has 0 fully saturated rings. The first kappa shape index (κ1) is 17.2. The normalized spacial score (nSPS) is 9.14. The van der Waals surface area contributed by atoms with E-state index in [-0.39, 0.29) is 5.97 Å². The van der Waals surface area contributed by atoms with Gasteiger partial charge in [-0.1, -0.05) is 55.1 Å². The largest absolute Gasteiger partial charge is 0.478 e. The smallest absolute Gasteiger partial charge is 0.335 e. The molecule has 114 valence electrons. The highest BCUT2D eigenvalue weighted by molar-refractivity contribution is 5.87. The second kappa shape index (κ2) is 9.13. The van der Waals surface area contributed by atoms with Gasteiger partial charge in [-0.05, 0) is 24.6 Å². The van der Waals surface area contributed by atoms with E-state index < -0.39 is 5.97 Å². The first-order valence-corrected chi connectivity index (χ1v) is 6.65. The van der Waals surface area contributed by atoms with Crippen molar-refractivity contribution in [2.45, 2.75) is 13.5 Å². The molecule has 0 atom stereocenters. The Balaban J connectivity index is 0.000000235. The van der Waals surface area contributed by atoms with Crippen LogP contribution in [0.4, 0.5) is 0 Å². The van der Waals surface area contributed by atoms with Crippen molar-refractivity contribution < 1.29 is 19.4 Å². The van der Waals surface area contributed by atoms with Gasteiger partial charge in [0.25, 0.3) is 0 Å². The quantitative estimate of drug-likeness (QED) is 0.690. The van der Waals surface area contributed by atoms with Crippen LogP contribution in [0.15, 0.2) is 72.8 Å². The van der Waals surface area contributed by atoms with Crippen molar-refractivity contribution in [2.24, 2.45) is 0 Å². The number of hydrogen-bond acceptors (Lipinski definition) is 3. The number of carbonyl (C=O) groups is 2. The van der Waals surface area contributed by atoms with Gasteiger partial charge in [0.1, 0.15) is 6.61 Å². The van der Waals surface area contributed by atoms with E-state index in [1.54, 1.807) is 37.3 Å². The van der Waals surface area contributed by atoms with Crippen LogP contribution in [0.5, 0.6) is 0 Å². The third kappa shape index (κ3) is 6.52. The Kier molecular flexibility index (Phi) is 7.13. The van der Waals surface area contributed by atoms with Crippen LogP contribution in [0, 0.1) is 0 Å². The number of rotatable bonds is 4. The Hall–Kier alpha value is -2.88. The van der Waals surface area contributed by atoms with E-state index in [0.717, 1.165) is 5.56 Å². The fourth-order valence-corrected chi connectivity index (χ4v) is 1.43. The van der Waals surface area contributed by atoms with E-state index in [1.807, 2.05) is 30.3 Å². The molecule has 0 aliphatic carbocycles. The van der Waals surface area contributed by atoms with Gasteiger partial charge in [-0.2, -0.15) is 0 Å². The van der Waals surface area contributed by atoms with Crippen LogP contribution < -0.4 is 0 Å². The van der Waals surface area contributed by atoms with Gasteiger partial charge in [0.05, 0.1) is 5.56 Å². The SMILES string of the molecule is C=C(C)C(=O)OCc1ccccc1.O=C(O)c1ccccc1. The molecule has 0 unspecified atom stereocenters. The Bertz CT molecular complexity index is 618. The van der Waals surface area contributed by atoms with Crippen LogP contribution in [0.1, 0.15) is 22.8 Å². The van der Waals surface area contributed by atoms with Crippen molar-refractivity contribution in [3.63, 3.8) is 0 Å². The van der Waals surface area contributed by atoms with Crippen molar-refractivity contribution in [3.05, 3.63) is 83.9 Å². The maximum absolute atomic E-state index is 11.0. The molecule has 0 heterocycles. The minimum atomic E-state index is -0.879. The van der Waals surface area contributed by atoms with Crippen molar-refractivity contribution >= 4 is 11.9 Å². The number of esters is 1. The van der Waals surface area contributed by atoms with Crippen molar-refractivity contribution in [3.8, 4) is 0 Å². The molecule has 0 aliphatic heterocycles. The molecule has 4 heteroatoms. The zero-order chi connectivity index (χ0) is 16.4. The lowest BCUT2D eigenvalue weighted by Crippen LogP contribution is -2.04. The van der Waals surface area contributed by atoms with E-state index in [4.69, 9.17) is 9.84 Å². The highest BCUT2D eigenvalue weighted by Gasteiger charge is 2.02. The number of carboxylic acid groups (broad SMARTS) is 1. The highest BCUT2D eigenvalue weighted by Crippen LogP contribution is 2.02. The number of hydrogen-bond donors (Lipinski definition) is 1. The maximum Gasteiger partial charge on any atom is 0.335 e. The number of carboxylic acids is 1. The molecule has 0 saturated carbocycles. The van der Waals surface area contributed by atoms with Crippen molar-refractivity contribution in [2.75, 3.05) is 0 Å². The fraction of sp³-hybridized carbons (Fsp3) is 0.111.